The monoisotopic (exact) mass is 296 g/mol. The third kappa shape index (κ3) is 2.68. The zero-order valence-corrected chi connectivity index (χ0v) is 12.0. The van der Waals surface area contributed by atoms with E-state index in [1.54, 1.807) is 0 Å². The van der Waals surface area contributed by atoms with Crippen molar-refractivity contribution >= 4 is 21.8 Å². The molecule has 92 valence electrons. The van der Waals surface area contributed by atoms with Crippen LogP contribution in [-0.4, -0.2) is 22.3 Å². The van der Waals surface area contributed by atoms with E-state index >= 15 is 0 Å². The van der Waals surface area contributed by atoms with Gasteiger partial charge in [-0.05, 0) is 27.6 Å². The normalized spacial score (nSPS) is 15.6. The number of hydrogen-bond donors (Lipinski definition) is 0. The molecule has 0 atom stereocenters. The first-order valence-electron chi connectivity index (χ1n) is 5.80. The van der Waals surface area contributed by atoms with Gasteiger partial charge >= 0.3 is 0 Å². The molecule has 0 unspecified atom stereocenters. The van der Waals surface area contributed by atoms with E-state index in [-0.39, 0.29) is 11.3 Å². The molecule has 0 saturated carbocycles. The molecule has 3 nitrogen and oxygen atoms in total. The quantitative estimate of drug-likeness (QED) is 0.738. The van der Waals surface area contributed by atoms with Crippen LogP contribution in [0.15, 0.2) is 16.7 Å². The SMILES string of the molecule is CC(C)(C)C(=O)N1CCc2ncc(Br)cc2C1. The van der Waals surface area contributed by atoms with Crippen LogP contribution in [0.3, 0.4) is 0 Å². The number of pyridine rings is 1. The summed E-state index contributed by atoms with van der Waals surface area (Å²) in [5.74, 6) is 0.211. The lowest BCUT2D eigenvalue weighted by Crippen LogP contribution is -2.42. The number of carbonyl (C=O) groups excluding carboxylic acids is 1. The van der Waals surface area contributed by atoms with Crippen molar-refractivity contribution in [3.63, 3.8) is 0 Å². The molecule has 0 bridgehead atoms. The van der Waals surface area contributed by atoms with Gasteiger partial charge in [0, 0.05) is 41.3 Å². The van der Waals surface area contributed by atoms with Crippen LogP contribution in [0.5, 0.6) is 0 Å². The van der Waals surface area contributed by atoms with E-state index in [4.69, 9.17) is 0 Å². The average molecular weight is 297 g/mol. The van der Waals surface area contributed by atoms with Gasteiger partial charge in [0.15, 0.2) is 0 Å². The number of fused-ring (bicyclic) bond motifs is 1. The second-order valence-corrected chi connectivity index (χ2v) is 6.40. The summed E-state index contributed by atoms with van der Waals surface area (Å²) in [4.78, 5) is 18.5. The third-order valence-corrected chi connectivity index (χ3v) is 3.37. The second-order valence-electron chi connectivity index (χ2n) is 5.49. The third-order valence-electron chi connectivity index (χ3n) is 2.94. The van der Waals surface area contributed by atoms with E-state index in [2.05, 4.69) is 27.0 Å². The molecule has 0 aliphatic carbocycles. The van der Waals surface area contributed by atoms with Crippen LogP contribution in [-0.2, 0) is 17.8 Å². The molecule has 17 heavy (non-hydrogen) atoms. The molecule has 4 heteroatoms. The Balaban J connectivity index is 2.21. The van der Waals surface area contributed by atoms with E-state index < -0.39 is 0 Å². The van der Waals surface area contributed by atoms with Gasteiger partial charge in [-0.15, -0.1) is 0 Å². The van der Waals surface area contributed by atoms with Crippen LogP contribution in [0.4, 0.5) is 0 Å². The van der Waals surface area contributed by atoms with Crippen molar-refractivity contribution in [3.05, 3.63) is 28.0 Å². The van der Waals surface area contributed by atoms with Crippen LogP contribution in [0.1, 0.15) is 32.0 Å². The van der Waals surface area contributed by atoms with Crippen LogP contribution in [0.2, 0.25) is 0 Å². The van der Waals surface area contributed by atoms with Crippen molar-refractivity contribution in [1.29, 1.82) is 0 Å². The molecular weight excluding hydrogens is 280 g/mol. The number of carbonyl (C=O) groups is 1. The van der Waals surface area contributed by atoms with Crippen molar-refractivity contribution in [2.24, 2.45) is 5.41 Å². The predicted molar refractivity (Wildman–Crippen MR) is 70.5 cm³/mol. The molecule has 0 saturated heterocycles. The standard InChI is InChI=1S/C13H17BrN2O/c1-13(2,3)12(17)16-5-4-11-9(8-16)6-10(14)7-15-11/h6-7H,4-5,8H2,1-3H3. The summed E-state index contributed by atoms with van der Waals surface area (Å²) in [6.45, 7) is 7.34. The number of amides is 1. The topological polar surface area (TPSA) is 33.2 Å². The van der Waals surface area contributed by atoms with Crippen LogP contribution < -0.4 is 0 Å². The van der Waals surface area contributed by atoms with Gasteiger partial charge in [-0.2, -0.15) is 0 Å². The van der Waals surface area contributed by atoms with E-state index in [1.165, 1.54) is 0 Å². The van der Waals surface area contributed by atoms with E-state index in [0.717, 1.165) is 28.7 Å². The fraction of sp³-hybridized carbons (Fsp3) is 0.538. The lowest BCUT2D eigenvalue weighted by Gasteiger charge is -2.33. The summed E-state index contributed by atoms with van der Waals surface area (Å²) < 4.78 is 0.973. The van der Waals surface area contributed by atoms with E-state index in [1.807, 2.05) is 31.9 Å². The lowest BCUT2D eigenvalue weighted by molar-refractivity contribution is -0.140. The average Bonchev–Trinajstić information content (AvgIpc) is 2.25. The molecule has 0 spiro atoms. The summed E-state index contributed by atoms with van der Waals surface area (Å²) in [5, 5.41) is 0. The largest absolute Gasteiger partial charge is 0.337 e. The van der Waals surface area contributed by atoms with Gasteiger partial charge in [0.25, 0.3) is 0 Å². The minimum atomic E-state index is -0.309. The fourth-order valence-electron chi connectivity index (χ4n) is 2.04. The zero-order chi connectivity index (χ0) is 12.6. The van der Waals surface area contributed by atoms with Gasteiger partial charge in [-0.3, -0.25) is 9.78 Å². The minimum absolute atomic E-state index is 0.211. The summed E-state index contributed by atoms with van der Waals surface area (Å²) in [5.41, 5.74) is 1.96. The predicted octanol–water partition coefficient (Wildman–Crippen LogP) is 2.77. The highest BCUT2D eigenvalue weighted by atomic mass is 79.9. The molecule has 0 radical (unpaired) electrons. The number of hydrogen-bond acceptors (Lipinski definition) is 2. The number of rotatable bonds is 0. The molecule has 1 aliphatic heterocycles. The maximum atomic E-state index is 12.2. The summed E-state index contributed by atoms with van der Waals surface area (Å²) in [6.07, 6.45) is 2.67. The van der Waals surface area contributed by atoms with Gasteiger partial charge in [-0.1, -0.05) is 20.8 Å². The first-order chi connectivity index (χ1) is 7.88. The van der Waals surface area contributed by atoms with Crippen LogP contribution in [0, 0.1) is 5.41 Å². The second kappa shape index (κ2) is 4.41. The van der Waals surface area contributed by atoms with Gasteiger partial charge in [-0.25, -0.2) is 0 Å². The smallest absolute Gasteiger partial charge is 0.228 e. The Kier molecular flexibility index (Phi) is 3.25. The van der Waals surface area contributed by atoms with Crippen molar-refractivity contribution in [1.82, 2.24) is 9.88 Å². The van der Waals surface area contributed by atoms with Gasteiger partial charge in [0.05, 0.1) is 0 Å². The molecule has 1 aliphatic rings. The molecule has 0 N–H and O–H groups in total. The number of nitrogens with zero attached hydrogens (tertiary/aromatic N) is 2. The maximum absolute atomic E-state index is 12.2. The molecular formula is C13H17BrN2O. The summed E-state index contributed by atoms with van der Waals surface area (Å²) in [7, 11) is 0. The lowest BCUT2D eigenvalue weighted by atomic mass is 9.93. The first kappa shape index (κ1) is 12.6. The molecule has 0 aromatic carbocycles. The zero-order valence-electron chi connectivity index (χ0n) is 10.5. The Morgan fingerprint density at radius 2 is 2.18 bits per heavy atom. The minimum Gasteiger partial charge on any atom is -0.337 e. The Morgan fingerprint density at radius 1 is 1.47 bits per heavy atom. The van der Waals surface area contributed by atoms with Crippen molar-refractivity contribution in [2.45, 2.75) is 33.7 Å². The molecule has 1 aromatic rings. The molecule has 1 aromatic heterocycles. The Hall–Kier alpha value is -0.900. The summed E-state index contributed by atoms with van der Waals surface area (Å²) >= 11 is 3.42. The van der Waals surface area contributed by atoms with Gasteiger partial charge in [0.2, 0.25) is 5.91 Å². The highest BCUT2D eigenvalue weighted by molar-refractivity contribution is 9.10. The first-order valence-corrected chi connectivity index (χ1v) is 6.60. The van der Waals surface area contributed by atoms with E-state index in [0.29, 0.717) is 6.54 Å². The maximum Gasteiger partial charge on any atom is 0.228 e. The van der Waals surface area contributed by atoms with Crippen molar-refractivity contribution in [3.8, 4) is 0 Å². The summed E-state index contributed by atoms with van der Waals surface area (Å²) in [6, 6.07) is 2.06. The Bertz CT molecular complexity index is 451. The van der Waals surface area contributed by atoms with Crippen molar-refractivity contribution in [2.75, 3.05) is 6.54 Å². The van der Waals surface area contributed by atoms with E-state index in [9.17, 15) is 4.79 Å². The number of halogens is 1. The molecule has 2 rings (SSSR count). The van der Waals surface area contributed by atoms with Crippen LogP contribution >= 0.6 is 15.9 Å². The van der Waals surface area contributed by atoms with Crippen molar-refractivity contribution < 1.29 is 4.79 Å². The highest BCUT2D eigenvalue weighted by Gasteiger charge is 2.29. The molecule has 1 amide bonds. The van der Waals surface area contributed by atoms with Gasteiger partial charge < -0.3 is 4.90 Å². The Morgan fingerprint density at radius 3 is 2.82 bits per heavy atom. The van der Waals surface area contributed by atoms with Gasteiger partial charge in [0.1, 0.15) is 0 Å². The Labute approximate surface area is 110 Å². The number of aromatic nitrogens is 1. The molecule has 0 fully saturated rings. The molecule has 2 heterocycles. The van der Waals surface area contributed by atoms with Crippen LogP contribution in [0.25, 0.3) is 0 Å². The fourth-order valence-corrected chi connectivity index (χ4v) is 2.42. The highest BCUT2D eigenvalue weighted by Crippen LogP contribution is 2.25.